The molecule has 0 fully saturated rings. The molecule has 0 N–H and O–H groups in total. The van der Waals surface area contributed by atoms with Crippen molar-refractivity contribution < 1.29 is 9.59 Å². The van der Waals surface area contributed by atoms with E-state index in [2.05, 4.69) is 13.8 Å². The van der Waals surface area contributed by atoms with Crippen molar-refractivity contribution in [2.45, 2.75) is 26.7 Å². The zero-order valence-corrected chi connectivity index (χ0v) is 9.78. The van der Waals surface area contributed by atoms with Crippen LogP contribution in [0, 0.1) is 0 Å². The Hall–Kier alpha value is -1.64. The van der Waals surface area contributed by atoms with Crippen molar-refractivity contribution in [2.24, 2.45) is 0 Å². The normalized spacial score (nSPS) is 14.9. The second kappa shape index (κ2) is 3.74. The van der Waals surface area contributed by atoms with Crippen LogP contribution in [0.5, 0.6) is 0 Å². The number of carbonyl (C=O) groups is 2. The number of rotatable bonds is 2. The van der Waals surface area contributed by atoms with Gasteiger partial charge < -0.3 is 0 Å². The van der Waals surface area contributed by atoms with Gasteiger partial charge in [-0.3, -0.25) is 14.5 Å². The molecule has 1 aliphatic rings. The molecule has 2 amide bonds. The lowest BCUT2D eigenvalue weighted by Crippen LogP contribution is -2.29. The third-order valence-corrected chi connectivity index (χ3v) is 2.98. The fourth-order valence-electron chi connectivity index (χ4n) is 1.95. The van der Waals surface area contributed by atoms with Crippen molar-refractivity contribution in [3.8, 4) is 0 Å². The maximum Gasteiger partial charge on any atom is 0.261 e. The molecule has 3 nitrogen and oxygen atoms in total. The number of carbonyl (C=O) groups excluding carboxylic acids is 2. The highest BCUT2D eigenvalue weighted by atomic mass is 16.2. The third kappa shape index (κ3) is 1.43. The Kier molecular flexibility index (Phi) is 2.54. The van der Waals surface area contributed by atoms with E-state index in [-0.39, 0.29) is 11.8 Å². The number of amides is 2. The molecule has 0 aliphatic carbocycles. The van der Waals surface area contributed by atoms with Crippen LogP contribution in [0.4, 0.5) is 0 Å². The fourth-order valence-corrected chi connectivity index (χ4v) is 1.95. The van der Waals surface area contributed by atoms with Crippen LogP contribution in [0.2, 0.25) is 0 Å². The van der Waals surface area contributed by atoms with E-state index in [1.807, 2.05) is 19.1 Å². The van der Waals surface area contributed by atoms with Gasteiger partial charge >= 0.3 is 0 Å². The first-order chi connectivity index (χ1) is 7.56. The summed E-state index contributed by atoms with van der Waals surface area (Å²) in [5, 5.41) is 0. The highest BCUT2D eigenvalue weighted by molar-refractivity contribution is 6.21. The van der Waals surface area contributed by atoms with Crippen LogP contribution in [0.3, 0.4) is 0 Å². The molecule has 1 aromatic rings. The van der Waals surface area contributed by atoms with Crippen LogP contribution in [0.15, 0.2) is 18.2 Å². The summed E-state index contributed by atoms with van der Waals surface area (Å²) >= 11 is 0. The summed E-state index contributed by atoms with van der Waals surface area (Å²) in [6.07, 6.45) is 0. The first-order valence-corrected chi connectivity index (χ1v) is 5.56. The minimum Gasteiger partial charge on any atom is -0.275 e. The van der Waals surface area contributed by atoms with Gasteiger partial charge in [0.25, 0.3) is 11.8 Å². The number of fused-ring (bicyclic) bond motifs is 1. The van der Waals surface area contributed by atoms with Gasteiger partial charge in [-0.15, -0.1) is 0 Å². The molecule has 0 saturated carbocycles. The Morgan fingerprint density at radius 1 is 1.12 bits per heavy atom. The SMILES string of the molecule is CCN1C(=O)c2ccc(C(C)C)cc2C1=O. The highest BCUT2D eigenvalue weighted by Gasteiger charge is 2.34. The van der Waals surface area contributed by atoms with Crippen molar-refractivity contribution >= 4 is 11.8 Å². The molecule has 1 aromatic carbocycles. The molecule has 3 heteroatoms. The molecule has 0 atom stereocenters. The van der Waals surface area contributed by atoms with Crippen LogP contribution >= 0.6 is 0 Å². The minimum absolute atomic E-state index is 0.162. The Labute approximate surface area is 95.1 Å². The quantitative estimate of drug-likeness (QED) is 0.713. The highest BCUT2D eigenvalue weighted by Crippen LogP contribution is 2.26. The molecule has 0 saturated heterocycles. The Morgan fingerprint density at radius 2 is 1.75 bits per heavy atom. The standard InChI is InChI=1S/C13H15NO2/c1-4-14-12(15)10-6-5-9(8(2)3)7-11(10)13(14)16/h5-8H,4H2,1-3H3. The average Bonchev–Trinajstić information content (AvgIpc) is 2.51. The molecule has 0 unspecified atom stereocenters. The summed E-state index contributed by atoms with van der Waals surface area (Å²) in [6.45, 7) is 6.38. The molecule has 1 heterocycles. The molecule has 0 bridgehead atoms. The fraction of sp³-hybridized carbons (Fsp3) is 0.385. The third-order valence-electron chi connectivity index (χ3n) is 2.98. The molecule has 0 spiro atoms. The number of imide groups is 1. The zero-order chi connectivity index (χ0) is 11.9. The van der Waals surface area contributed by atoms with Crippen molar-refractivity contribution in [1.29, 1.82) is 0 Å². The van der Waals surface area contributed by atoms with E-state index in [0.717, 1.165) is 5.56 Å². The predicted molar refractivity (Wildman–Crippen MR) is 61.6 cm³/mol. The number of hydrogen-bond acceptors (Lipinski definition) is 2. The topological polar surface area (TPSA) is 37.4 Å². The number of nitrogens with zero attached hydrogens (tertiary/aromatic N) is 1. The van der Waals surface area contributed by atoms with Gasteiger partial charge in [0.15, 0.2) is 0 Å². The van der Waals surface area contributed by atoms with E-state index in [4.69, 9.17) is 0 Å². The summed E-state index contributed by atoms with van der Waals surface area (Å²) in [5.74, 6) is 0.0340. The van der Waals surface area contributed by atoms with Gasteiger partial charge in [-0.25, -0.2) is 0 Å². The lowest BCUT2D eigenvalue weighted by molar-refractivity contribution is 0.0663. The summed E-state index contributed by atoms with van der Waals surface area (Å²) in [5.41, 5.74) is 2.19. The zero-order valence-electron chi connectivity index (χ0n) is 9.78. The summed E-state index contributed by atoms with van der Waals surface area (Å²) in [7, 11) is 0. The first kappa shape index (κ1) is 10.9. The molecule has 0 aromatic heterocycles. The average molecular weight is 217 g/mol. The van der Waals surface area contributed by atoms with Gasteiger partial charge in [-0.05, 0) is 30.5 Å². The van der Waals surface area contributed by atoms with Crippen LogP contribution in [0.1, 0.15) is 53.0 Å². The van der Waals surface area contributed by atoms with Crippen LogP contribution in [-0.4, -0.2) is 23.3 Å². The van der Waals surface area contributed by atoms with Crippen molar-refractivity contribution in [3.63, 3.8) is 0 Å². The molecule has 84 valence electrons. The van der Waals surface area contributed by atoms with Gasteiger partial charge in [0.1, 0.15) is 0 Å². The second-order valence-corrected chi connectivity index (χ2v) is 4.31. The first-order valence-electron chi connectivity index (χ1n) is 5.56. The number of hydrogen-bond donors (Lipinski definition) is 0. The summed E-state index contributed by atoms with van der Waals surface area (Å²) in [4.78, 5) is 25.0. The number of benzene rings is 1. The van der Waals surface area contributed by atoms with E-state index < -0.39 is 0 Å². The van der Waals surface area contributed by atoms with Crippen molar-refractivity contribution in [2.75, 3.05) is 6.54 Å². The van der Waals surface area contributed by atoms with Gasteiger partial charge in [0.05, 0.1) is 11.1 Å². The smallest absolute Gasteiger partial charge is 0.261 e. The second-order valence-electron chi connectivity index (χ2n) is 4.31. The molecule has 16 heavy (non-hydrogen) atoms. The van der Waals surface area contributed by atoms with E-state index in [0.29, 0.717) is 23.6 Å². The lowest BCUT2D eigenvalue weighted by atomic mass is 9.98. The van der Waals surface area contributed by atoms with Crippen LogP contribution < -0.4 is 0 Å². The van der Waals surface area contributed by atoms with E-state index in [1.54, 1.807) is 6.07 Å². The Bertz CT molecular complexity index is 463. The Balaban J connectivity index is 2.52. The van der Waals surface area contributed by atoms with E-state index >= 15 is 0 Å². The monoisotopic (exact) mass is 217 g/mol. The molecule has 0 radical (unpaired) electrons. The van der Waals surface area contributed by atoms with Crippen molar-refractivity contribution in [1.82, 2.24) is 4.90 Å². The van der Waals surface area contributed by atoms with E-state index in [9.17, 15) is 9.59 Å². The van der Waals surface area contributed by atoms with Crippen LogP contribution in [0.25, 0.3) is 0 Å². The molecular weight excluding hydrogens is 202 g/mol. The maximum absolute atomic E-state index is 11.9. The molecular formula is C13H15NO2. The van der Waals surface area contributed by atoms with Crippen molar-refractivity contribution in [3.05, 3.63) is 34.9 Å². The van der Waals surface area contributed by atoms with Gasteiger partial charge in [0.2, 0.25) is 0 Å². The molecule has 1 aliphatic heterocycles. The Morgan fingerprint density at radius 3 is 2.31 bits per heavy atom. The summed E-state index contributed by atoms with van der Waals surface area (Å²) < 4.78 is 0. The van der Waals surface area contributed by atoms with Crippen LogP contribution in [-0.2, 0) is 0 Å². The maximum atomic E-state index is 11.9. The largest absolute Gasteiger partial charge is 0.275 e. The minimum atomic E-state index is -0.169. The lowest BCUT2D eigenvalue weighted by Gasteiger charge is -2.08. The molecule has 2 rings (SSSR count). The van der Waals surface area contributed by atoms with Gasteiger partial charge in [-0.2, -0.15) is 0 Å². The van der Waals surface area contributed by atoms with E-state index in [1.165, 1.54) is 4.90 Å². The summed E-state index contributed by atoms with van der Waals surface area (Å²) in [6, 6.07) is 5.53. The van der Waals surface area contributed by atoms with Gasteiger partial charge in [-0.1, -0.05) is 19.9 Å². The van der Waals surface area contributed by atoms with Gasteiger partial charge in [0, 0.05) is 6.54 Å². The predicted octanol–water partition coefficient (Wildman–Crippen LogP) is 2.43.